The van der Waals surface area contributed by atoms with Crippen molar-refractivity contribution in [3.8, 4) is 11.3 Å². The number of hydrogen-bond donors (Lipinski definition) is 2. The molecule has 3 aromatic rings. The van der Waals surface area contributed by atoms with Crippen LogP contribution in [-0.2, 0) is 16.4 Å². The van der Waals surface area contributed by atoms with Crippen molar-refractivity contribution >= 4 is 37.5 Å². The minimum absolute atomic E-state index is 0.216. The molecule has 0 saturated heterocycles. The Hall–Kier alpha value is -2.78. The van der Waals surface area contributed by atoms with Crippen molar-refractivity contribution in [3.05, 3.63) is 70.5 Å². The van der Waals surface area contributed by atoms with E-state index in [0.29, 0.717) is 27.2 Å². The Morgan fingerprint density at radius 1 is 1.18 bits per heavy atom. The molecule has 0 spiro atoms. The Balaban J connectivity index is 1.71. The van der Waals surface area contributed by atoms with Crippen molar-refractivity contribution in [2.45, 2.75) is 11.4 Å². The third-order valence-corrected chi connectivity index (χ3v) is 5.46. The van der Waals surface area contributed by atoms with Gasteiger partial charge in [-0.2, -0.15) is 0 Å². The molecule has 1 heterocycles. The minimum atomic E-state index is -3.29. The number of halogens is 1. The molecule has 0 aliphatic heterocycles. The van der Waals surface area contributed by atoms with Crippen LogP contribution in [0.4, 0.5) is 5.82 Å². The monoisotopic (exact) mass is 460 g/mol. The summed E-state index contributed by atoms with van der Waals surface area (Å²) in [4.78, 5) is 20.9. The maximum atomic E-state index is 12.4. The van der Waals surface area contributed by atoms with Gasteiger partial charge in [0.25, 0.3) is 5.91 Å². The molecule has 9 heteroatoms. The Bertz CT molecular complexity index is 1130. The van der Waals surface area contributed by atoms with Gasteiger partial charge < -0.3 is 11.1 Å². The van der Waals surface area contributed by atoms with Crippen molar-refractivity contribution in [1.82, 2.24) is 15.3 Å². The van der Waals surface area contributed by atoms with E-state index >= 15 is 0 Å². The van der Waals surface area contributed by atoms with Crippen LogP contribution in [0, 0.1) is 0 Å². The summed E-state index contributed by atoms with van der Waals surface area (Å²) in [6.45, 7) is 0.216. The second-order valence-corrected chi connectivity index (χ2v) is 8.93. The van der Waals surface area contributed by atoms with E-state index in [2.05, 4.69) is 31.2 Å². The number of rotatable bonds is 5. The van der Waals surface area contributed by atoms with E-state index in [1.54, 1.807) is 42.5 Å². The van der Waals surface area contributed by atoms with Gasteiger partial charge in [0.05, 0.1) is 11.1 Å². The van der Waals surface area contributed by atoms with Crippen LogP contribution in [0.5, 0.6) is 0 Å². The lowest BCUT2D eigenvalue weighted by molar-refractivity contribution is 0.0951. The van der Waals surface area contributed by atoms with Gasteiger partial charge in [0, 0.05) is 23.9 Å². The van der Waals surface area contributed by atoms with Crippen LogP contribution < -0.4 is 11.1 Å². The number of hydrogen-bond acceptors (Lipinski definition) is 6. The number of nitrogens with two attached hydrogens (primary N) is 1. The number of nitrogens with one attached hydrogen (secondary N) is 1. The fourth-order valence-corrected chi connectivity index (χ4v) is 3.51. The maximum absolute atomic E-state index is 12.4. The number of carbonyl (C=O) groups is 1. The van der Waals surface area contributed by atoms with E-state index in [-0.39, 0.29) is 17.3 Å². The molecular weight excluding hydrogens is 444 g/mol. The van der Waals surface area contributed by atoms with Gasteiger partial charge in [-0.3, -0.25) is 4.79 Å². The van der Waals surface area contributed by atoms with Crippen molar-refractivity contribution in [3.63, 3.8) is 0 Å². The van der Waals surface area contributed by atoms with Crippen LogP contribution in [0.1, 0.15) is 15.9 Å². The van der Waals surface area contributed by atoms with Crippen LogP contribution in [0.3, 0.4) is 0 Å². The fourth-order valence-electron chi connectivity index (χ4n) is 2.54. The molecule has 1 aromatic heterocycles. The van der Waals surface area contributed by atoms with Gasteiger partial charge >= 0.3 is 0 Å². The average Bonchev–Trinajstić information content (AvgIpc) is 2.68. The molecule has 0 saturated carbocycles. The Labute approximate surface area is 171 Å². The molecule has 0 radical (unpaired) electrons. The number of nitrogen functional groups attached to an aromatic ring is 1. The van der Waals surface area contributed by atoms with Gasteiger partial charge in [-0.05, 0) is 45.8 Å². The third kappa shape index (κ3) is 4.73. The lowest BCUT2D eigenvalue weighted by Gasteiger charge is -2.08. The highest BCUT2D eigenvalue weighted by Gasteiger charge is 2.11. The van der Waals surface area contributed by atoms with Gasteiger partial charge in [-0.1, -0.05) is 24.3 Å². The van der Waals surface area contributed by atoms with Crippen molar-refractivity contribution in [2.24, 2.45) is 0 Å². The largest absolute Gasteiger partial charge is 0.382 e. The van der Waals surface area contributed by atoms with E-state index < -0.39 is 9.84 Å². The first-order valence-corrected chi connectivity index (χ1v) is 10.9. The summed E-state index contributed by atoms with van der Waals surface area (Å²) in [6.07, 6.45) is 2.66. The molecule has 0 bridgehead atoms. The number of benzene rings is 2. The van der Waals surface area contributed by atoms with Gasteiger partial charge in [0.2, 0.25) is 0 Å². The normalized spacial score (nSPS) is 11.2. The van der Waals surface area contributed by atoms with E-state index in [1.165, 1.54) is 12.3 Å². The smallest absolute Gasteiger partial charge is 0.251 e. The molecule has 0 atom stereocenters. The van der Waals surface area contributed by atoms with Gasteiger partial charge in [0.1, 0.15) is 16.1 Å². The zero-order valence-corrected chi connectivity index (χ0v) is 17.3. The van der Waals surface area contributed by atoms with Crippen LogP contribution in [0.25, 0.3) is 11.3 Å². The summed E-state index contributed by atoms with van der Waals surface area (Å²) < 4.78 is 23.8. The van der Waals surface area contributed by atoms with Crippen LogP contribution in [-0.4, -0.2) is 30.5 Å². The van der Waals surface area contributed by atoms with Crippen LogP contribution in [0.15, 0.2) is 64.2 Å². The second-order valence-electron chi connectivity index (χ2n) is 6.11. The molecule has 0 aliphatic rings. The summed E-state index contributed by atoms with van der Waals surface area (Å²) >= 11 is 3.26. The number of carbonyl (C=O) groups excluding carboxylic acids is 1. The quantitative estimate of drug-likeness (QED) is 0.604. The van der Waals surface area contributed by atoms with E-state index in [4.69, 9.17) is 5.73 Å². The maximum Gasteiger partial charge on any atom is 0.251 e. The minimum Gasteiger partial charge on any atom is -0.382 e. The molecule has 0 unspecified atom stereocenters. The Kier molecular flexibility index (Phi) is 5.76. The van der Waals surface area contributed by atoms with E-state index in [9.17, 15) is 13.2 Å². The Morgan fingerprint density at radius 3 is 2.57 bits per heavy atom. The fraction of sp³-hybridized carbons (Fsp3) is 0.105. The van der Waals surface area contributed by atoms with Gasteiger partial charge in [0.15, 0.2) is 9.84 Å². The van der Waals surface area contributed by atoms with E-state index in [0.717, 1.165) is 11.8 Å². The molecule has 7 nitrogen and oxygen atoms in total. The first kappa shape index (κ1) is 20.0. The third-order valence-electron chi connectivity index (χ3n) is 3.97. The SMILES string of the molecule is CS(=O)(=O)c1cccc(CNC(=O)c2ccc(-c3nc(Br)cnc3N)cc2)c1. The average molecular weight is 461 g/mol. The molecule has 0 aliphatic carbocycles. The van der Waals surface area contributed by atoms with E-state index in [1.807, 2.05) is 0 Å². The predicted molar refractivity (Wildman–Crippen MR) is 110 cm³/mol. The number of sulfone groups is 1. The first-order valence-electron chi connectivity index (χ1n) is 8.20. The molecule has 28 heavy (non-hydrogen) atoms. The number of anilines is 1. The summed E-state index contributed by atoms with van der Waals surface area (Å²) in [7, 11) is -3.29. The van der Waals surface area contributed by atoms with Crippen LogP contribution in [0.2, 0.25) is 0 Å². The zero-order valence-electron chi connectivity index (χ0n) is 14.9. The first-order chi connectivity index (χ1) is 13.2. The summed E-state index contributed by atoms with van der Waals surface area (Å²) in [5.41, 5.74) is 8.29. The summed E-state index contributed by atoms with van der Waals surface area (Å²) in [6, 6.07) is 13.3. The summed E-state index contributed by atoms with van der Waals surface area (Å²) in [5.74, 6) is 0.0239. The van der Waals surface area contributed by atoms with Crippen molar-refractivity contribution in [2.75, 3.05) is 12.0 Å². The highest BCUT2D eigenvalue weighted by atomic mass is 79.9. The number of nitrogens with zero attached hydrogens (tertiary/aromatic N) is 2. The van der Waals surface area contributed by atoms with Crippen molar-refractivity contribution in [1.29, 1.82) is 0 Å². The molecule has 3 rings (SSSR count). The van der Waals surface area contributed by atoms with Gasteiger partial charge in [-0.15, -0.1) is 0 Å². The molecule has 144 valence electrons. The van der Waals surface area contributed by atoms with Crippen molar-refractivity contribution < 1.29 is 13.2 Å². The number of amides is 1. The Morgan fingerprint density at radius 2 is 1.89 bits per heavy atom. The second kappa shape index (κ2) is 8.07. The lowest BCUT2D eigenvalue weighted by atomic mass is 10.1. The molecule has 3 N–H and O–H groups in total. The van der Waals surface area contributed by atoms with Gasteiger partial charge in [-0.25, -0.2) is 18.4 Å². The molecule has 2 aromatic carbocycles. The highest BCUT2D eigenvalue weighted by Crippen LogP contribution is 2.24. The topological polar surface area (TPSA) is 115 Å². The van der Waals surface area contributed by atoms with Crippen LogP contribution >= 0.6 is 15.9 Å². The molecular formula is C19H17BrN4O3S. The number of aromatic nitrogens is 2. The molecule has 0 fully saturated rings. The molecule has 1 amide bonds. The lowest BCUT2D eigenvalue weighted by Crippen LogP contribution is -2.22. The predicted octanol–water partition coefficient (Wildman–Crippen LogP) is 2.82. The highest BCUT2D eigenvalue weighted by molar-refractivity contribution is 9.10. The zero-order chi connectivity index (χ0) is 20.3. The standard InChI is InChI=1S/C19H17BrN4O3S/c1-28(26,27)15-4-2-3-12(9-15)10-23-19(25)14-7-5-13(6-8-14)17-18(21)22-11-16(20)24-17/h2-9,11H,10H2,1H3,(H2,21,22)(H,23,25). The summed E-state index contributed by atoms with van der Waals surface area (Å²) in [5, 5.41) is 2.78.